The molecule has 0 aromatic carbocycles. The third kappa shape index (κ3) is 3.95. The van der Waals surface area contributed by atoms with Gasteiger partial charge in [0.25, 0.3) is 0 Å². The highest BCUT2D eigenvalue weighted by Crippen LogP contribution is 2.47. The molecule has 5 heteroatoms. The first kappa shape index (κ1) is 20.1. The summed E-state index contributed by atoms with van der Waals surface area (Å²) in [4.78, 5) is 0. The van der Waals surface area contributed by atoms with Gasteiger partial charge in [-0.1, -0.05) is 42.7 Å². The van der Waals surface area contributed by atoms with Crippen LogP contribution in [0.15, 0.2) is 34.4 Å². The molecule has 3 aliphatic rings. The lowest BCUT2D eigenvalue weighted by atomic mass is 9.68. The van der Waals surface area contributed by atoms with Crippen molar-refractivity contribution in [3.05, 3.63) is 34.4 Å². The van der Waals surface area contributed by atoms with Crippen molar-refractivity contribution in [3.8, 4) is 0 Å². The van der Waals surface area contributed by atoms with E-state index in [0.717, 1.165) is 24.8 Å². The van der Waals surface area contributed by atoms with E-state index in [-0.39, 0.29) is 17.3 Å². The maximum Gasteiger partial charge on any atom is 0.184 e. The summed E-state index contributed by atoms with van der Waals surface area (Å²) in [5, 5.41) is -0.501. The largest absolute Gasteiger partial charge is 0.409 e. The minimum atomic E-state index is -3.16. The van der Waals surface area contributed by atoms with Gasteiger partial charge in [-0.05, 0) is 69.7 Å². The fourth-order valence-electron chi connectivity index (χ4n) is 4.80. The van der Waals surface area contributed by atoms with Crippen LogP contribution in [0.4, 0.5) is 0 Å². The molecular weight excluding hydrogens is 360 g/mol. The van der Waals surface area contributed by atoms with Crippen molar-refractivity contribution in [3.63, 3.8) is 0 Å². The van der Waals surface area contributed by atoms with Gasteiger partial charge in [0.2, 0.25) is 0 Å². The van der Waals surface area contributed by atoms with Crippen molar-refractivity contribution >= 4 is 18.2 Å². The van der Waals surface area contributed by atoms with Crippen LogP contribution in [-0.2, 0) is 14.3 Å². The molecule has 0 fully saturated rings. The van der Waals surface area contributed by atoms with E-state index in [1.54, 1.807) is 11.1 Å². The Hall–Kier alpha value is -0.653. The van der Waals surface area contributed by atoms with Gasteiger partial charge in [-0.2, -0.15) is 0 Å². The highest BCUT2D eigenvalue weighted by atomic mass is 32.2. The van der Waals surface area contributed by atoms with Crippen molar-refractivity contribution < 1.29 is 12.8 Å². The molecule has 3 rings (SSSR count). The quantitative estimate of drug-likeness (QED) is 0.487. The predicted molar refractivity (Wildman–Crippen MR) is 112 cm³/mol. The second kappa shape index (κ2) is 6.75. The lowest BCUT2D eigenvalue weighted by molar-refractivity contribution is 0.226. The van der Waals surface area contributed by atoms with Crippen molar-refractivity contribution in [1.82, 2.24) is 0 Å². The molecule has 0 saturated carbocycles. The predicted octanol–water partition coefficient (Wildman–Crippen LogP) is 5.18. The van der Waals surface area contributed by atoms with E-state index < -0.39 is 23.4 Å². The van der Waals surface area contributed by atoms with E-state index in [2.05, 4.69) is 39.6 Å². The van der Waals surface area contributed by atoms with E-state index in [9.17, 15) is 8.42 Å². The average molecular weight is 395 g/mol. The molecule has 0 saturated heterocycles. The first-order valence-electron chi connectivity index (χ1n) is 9.87. The zero-order valence-corrected chi connectivity index (χ0v) is 19.0. The molecule has 2 atom stereocenters. The van der Waals surface area contributed by atoms with Gasteiger partial charge in [-0.3, -0.25) is 0 Å². The van der Waals surface area contributed by atoms with Crippen LogP contribution in [0.2, 0.25) is 19.6 Å². The smallest absolute Gasteiger partial charge is 0.184 e. The van der Waals surface area contributed by atoms with Gasteiger partial charge in [-0.25, -0.2) is 8.42 Å². The Labute approximate surface area is 160 Å². The number of hydrogen-bond acceptors (Lipinski definition) is 3. The normalized spacial score (nSPS) is 29.1. The van der Waals surface area contributed by atoms with Gasteiger partial charge in [0, 0.05) is 0 Å². The lowest BCUT2D eigenvalue weighted by Crippen LogP contribution is -2.43. The molecule has 2 unspecified atom stereocenters. The molecule has 26 heavy (non-hydrogen) atoms. The third-order valence-electron chi connectivity index (χ3n) is 6.10. The summed E-state index contributed by atoms with van der Waals surface area (Å²) in [6, 6.07) is 0. The maximum absolute atomic E-state index is 12.8. The fraction of sp³-hybridized carbons (Fsp3) is 0.714. The second-order valence-electron chi connectivity index (χ2n) is 9.83. The molecule has 0 N–H and O–H groups in total. The molecule has 3 nitrogen and oxygen atoms in total. The molecule has 1 aliphatic heterocycles. The van der Waals surface area contributed by atoms with Crippen molar-refractivity contribution in [2.45, 2.75) is 83.9 Å². The zero-order valence-electron chi connectivity index (χ0n) is 17.2. The summed E-state index contributed by atoms with van der Waals surface area (Å²) in [6.07, 6.45) is 9.34. The van der Waals surface area contributed by atoms with Gasteiger partial charge in [0.1, 0.15) is 5.25 Å². The average Bonchev–Trinajstić information content (AvgIpc) is 2.77. The van der Waals surface area contributed by atoms with Crippen LogP contribution in [0, 0.1) is 5.41 Å². The first-order chi connectivity index (χ1) is 11.9. The molecular formula is C21H34O3SSi. The summed E-state index contributed by atoms with van der Waals surface area (Å²) in [5.74, 6) is 0.156. The Morgan fingerprint density at radius 3 is 2.50 bits per heavy atom. The van der Waals surface area contributed by atoms with Crippen LogP contribution in [-0.4, -0.2) is 33.8 Å². The maximum atomic E-state index is 12.8. The molecule has 0 spiro atoms. The summed E-state index contributed by atoms with van der Waals surface area (Å²) in [6.45, 7) is 13.1. The molecule has 0 aromatic heterocycles. The summed E-state index contributed by atoms with van der Waals surface area (Å²) in [7, 11) is -5.05. The van der Waals surface area contributed by atoms with E-state index in [0.29, 0.717) is 0 Å². The minimum Gasteiger partial charge on any atom is -0.409 e. The van der Waals surface area contributed by atoms with Crippen molar-refractivity contribution in [2.75, 3.05) is 5.75 Å². The van der Waals surface area contributed by atoms with E-state index in [1.807, 2.05) is 13.0 Å². The topological polar surface area (TPSA) is 43.4 Å². The highest BCUT2D eigenvalue weighted by molar-refractivity contribution is 7.92. The van der Waals surface area contributed by atoms with E-state index in [4.69, 9.17) is 4.43 Å². The van der Waals surface area contributed by atoms with Gasteiger partial charge in [-0.15, -0.1) is 0 Å². The van der Waals surface area contributed by atoms with Crippen LogP contribution in [0.3, 0.4) is 0 Å². The van der Waals surface area contributed by atoms with Crippen LogP contribution in [0.25, 0.3) is 0 Å². The van der Waals surface area contributed by atoms with Gasteiger partial charge < -0.3 is 4.43 Å². The molecule has 0 bridgehead atoms. The monoisotopic (exact) mass is 394 g/mol. The number of hydrogen-bond donors (Lipinski definition) is 0. The van der Waals surface area contributed by atoms with Crippen LogP contribution < -0.4 is 0 Å². The third-order valence-corrected chi connectivity index (χ3v) is 9.09. The van der Waals surface area contributed by atoms with Gasteiger partial charge in [0.05, 0.1) is 11.9 Å². The van der Waals surface area contributed by atoms with E-state index in [1.165, 1.54) is 18.4 Å². The minimum absolute atomic E-state index is 0.156. The zero-order chi connectivity index (χ0) is 19.3. The number of rotatable bonds is 4. The molecule has 0 radical (unpaired) electrons. The standard InChI is InChI=1S/C21H34O3SSi/c1-15-11-13-25(22,23)20(15)19(24-26(4,5)6)17-9-10-18-16(14-17)8-7-12-21(18,2)3/h9,11,19-20H,7-8,10,12-14H2,1-6H3. The summed E-state index contributed by atoms with van der Waals surface area (Å²) in [5.41, 5.74) is 5.56. The highest BCUT2D eigenvalue weighted by Gasteiger charge is 2.43. The fourth-order valence-corrected chi connectivity index (χ4v) is 7.92. The molecule has 2 aliphatic carbocycles. The summed E-state index contributed by atoms with van der Waals surface area (Å²) >= 11 is 0. The van der Waals surface area contributed by atoms with E-state index >= 15 is 0 Å². The molecule has 0 amide bonds. The van der Waals surface area contributed by atoms with Crippen molar-refractivity contribution in [2.24, 2.45) is 5.41 Å². The summed E-state index contributed by atoms with van der Waals surface area (Å²) < 4.78 is 32.1. The Kier molecular flexibility index (Phi) is 5.21. The van der Waals surface area contributed by atoms with Crippen LogP contribution in [0.1, 0.15) is 52.9 Å². The number of sulfone groups is 1. The van der Waals surface area contributed by atoms with Gasteiger partial charge in [0.15, 0.2) is 18.2 Å². The molecule has 146 valence electrons. The Morgan fingerprint density at radius 1 is 1.23 bits per heavy atom. The number of allylic oxidation sites excluding steroid dienone is 3. The Balaban J connectivity index is 1.95. The Bertz CT molecular complexity index is 779. The van der Waals surface area contributed by atoms with Crippen molar-refractivity contribution in [1.29, 1.82) is 0 Å². The van der Waals surface area contributed by atoms with Crippen LogP contribution in [0.5, 0.6) is 0 Å². The Morgan fingerprint density at radius 2 is 1.92 bits per heavy atom. The van der Waals surface area contributed by atoms with Gasteiger partial charge >= 0.3 is 0 Å². The lowest BCUT2D eigenvalue weighted by Gasteiger charge is -2.40. The first-order valence-corrected chi connectivity index (χ1v) is 15.0. The SMILES string of the molecule is CC1=CCS(=O)(=O)C1C(O[Si](C)(C)C)C1=CCC2=C(CCCC2(C)C)C1. The van der Waals surface area contributed by atoms with Crippen LogP contribution >= 0.6 is 0 Å². The molecule has 1 heterocycles. The molecule has 0 aromatic rings. The second-order valence-corrected chi connectivity index (χ2v) is 16.5.